The predicted molar refractivity (Wildman–Crippen MR) is 74.9 cm³/mol. The van der Waals surface area contributed by atoms with E-state index >= 15 is 0 Å². The van der Waals surface area contributed by atoms with Gasteiger partial charge in [-0.3, -0.25) is 4.79 Å². The molecule has 2 saturated heterocycles. The maximum atomic E-state index is 12.4. The minimum absolute atomic E-state index is 0.200. The van der Waals surface area contributed by atoms with Crippen molar-refractivity contribution in [3.8, 4) is 6.07 Å². The fourth-order valence-electron chi connectivity index (χ4n) is 2.83. The van der Waals surface area contributed by atoms with Gasteiger partial charge < -0.3 is 10.0 Å². The van der Waals surface area contributed by atoms with Crippen LogP contribution in [0.15, 0.2) is 12.1 Å². The average molecular weight is 306 g/mol. The van der Waals surface area contributed by atoms with E-state index in [1.807, 2.05) is 6.07 Å². The Bertz CT molecular complexity index is 697. The van der Waals surface area contributed by atoms with E-state index in [0.29, 0.717) is 24.1 Å². The van der Waals surface area contributed by atoms with E-state index in [9.17, 15) is 14.7 Å². The summed E-state index contributed by atoms with van der Waals surface area (Å²) in [7, 11) is 0. The van der Waals surface area contributed by atoms with Crippen LogP contribution in [-0.2, 0) is 4.79 Å². The van der Waals surface area contributed by atoms with E-state index in [1.165, 1.54) is 17.0 Å². The first-order valence-corrected chi connectivity index (χ1v) is 6.87. The SMILES string of the molecule is Cc1c(C#N)ccc(N2C(=O)C3[C@H](O)CCN3C2=O)c1Cl. The maximum Gasteiger partial charge on any atom is 0.332 e. The van der Waals surface area contributed by atoms with Gasteiger partial charge in [0.2, 0.25) is 0 Å². The Morgan fingerprint density at radius 2 is 2.14 bits per heavy atom. The Balaban J connectivity index is 2.07. The summed E-state index contributed by atoms with van der Waals surface area (Å²) in [5.74, 6) is -0.476. The van der Waals surface area contributed by atoms with Gasteiger partial charge in [0.25, 0.3) is 5.91 Å². The molecule has 2 aliphatic rings. The third-order valence-electron chi connectivity index (χ3n) is 4.00. The largest absolute Gasteiger partial charge is 0.390 e. The molecule has 3 rings (SSSR count). The smallest absolute Gasteiger partial charge is 0.332 e. The molecule has 2 fully saturated rings. The van der Waals surface area contributed by atoms with Gasteiger partial charge in [-0.05, 0) is 31.0 Å². The van der Waals surface area contributed by atoms with Crippen molar-refractivity contribution in [3.63, 3.8) is 0 Å². The Morgan fingerprint density at radius 3 is 2.76 bits per heavy atom. The second-order valence-electron chi connectivity index (χ2n) is 5.13. The lowest BCUT2D eigenvalue weighted by Crippen LogP contribution is -2.36. The number of amides is 3. The molecule has 2 heterocycles. The standard InChI is InChI=1S/C14H12ClN3O3/c1-7-8(6-16)2-3-9(11(7)15)18-13(20)12-10(19)4-5-17(12)14(18)21/h2-3,10,12,19H,4-5H2,1H3/t10-,12?/m1/s1. The summed E-state index contributed by atoms with van der Waals surface area (Å²) in [6.45, 7) is 2.01. The highest BCUT2D eigenvalue weighted by molar-refractivity contribution is 6.36. The number of hydrogen-bond donors (Lipinski definition) is 1. The normalized spacial score (nSPS) is 24.5. The van der Waals surface area contributed by atoms with Crippen LogP contribution in [-0.4, -0.2) is 40.6 Å². The summed E-state index contributed by atoms with van der Waals surface area (Å²) in [6, 6.07) is 3.70. The highest BCUT2D eigenvalue weighted by atomic mass is 35.5. The molecule has 1 unspecified atom stereocenters. The van der Waals surface area contributed by atoms with Gasteiger partial charge in [0.1, 0.15) is 6.04 Å². The van der Waals surface area contributed by atoms with Crippen LogP contribution >= 0.6 is 11.6 Å². The number of fused-ring (bicyclic) bond motifs is 1. The van der Waals surface area contributed by atoms with Gasteiger partial charge in [-0.25, -0.2) is 9.69 Å². The molecule has 21 heavy (non-hydrogen) atoms. The Kier molecular flexibility index (Phi) is 3.12. The lowest BCUT2D eigenvalue weighted by Gasteiger charge is -2.18. The first kappa shape index (κ1) is 13.9. The van der Waals surface area contributed by atoms with Crippen LogP contribution in [0.2, 0.25) is 5.02 Å². The number of nitrogens with zero attached hydrogens (tertiary/aromatic N) is 3. The molecule has 3 amide bonds. The summed E-state index contributed by atoms with van der Waals surface area (Å²) in [4.78, 5) is 27.1. The van der Waals surface area contributed by atoms with Gasteiger partial charge in [-0.2, -0.15) is 5.26 Å². The van der Waals surface area contributed by atoms with E-state index in [2.05, 4.69) is 0 Å². The van der Waals surface area contributed by atoms with Crippen molar-refractivity contribution in [2.45, 2.75) is 25.5 Å². The molecule has 1 aromatic carbocycles. The number of anilines is 1. The summed E-state index contributed by atoms with van der Waals surface area (Å²) in [5, 5.41) is 19.0. The van der Waals surface area contributed by atoms with Crippen molar-refractivity contribution in [2.24, 2.45) is 0 Å². The third kappa shape index (κ3) is 1.82. The Hall–Kier alpha value is -2.10. The van der Waals surface area contributed by atoms with Crippen molar-refractivity contribution in [2.75, 3.05) is 11.4 Å². The molecule has 0 aromatic heterocycles. The maximum absolute atomic E-state index is 12.4. The minimum atomic E-state index is -0.843. The summed E-state index contributed by atoms with van der Waals surface area (Å²) in [6.07, 6.45) is -0.444. The van der Waals surface area contributed by atoms with E-state index in [-0.39, 0.29) is 10.7 Å². The highest BCUT2D eigenvalue weighted by Crippen LogP contribution is 2.37. The van der Waals surface area contributed by atoms with Crippen LogP contribution < -0.4 is 4.90 Å². The second-order valence-corrected chi connectivity index (χ2v) is 5.51. The number of imide groups is 1. The molecule has 7 heteroatoms. The van der Waals surface area contributed by atoms with E-state index in [4.69, 9.17) is 16.9 Å². The van der Waals surface area contributed by atoms with E-state index in [0.717, 1.165) is 4.90 Å². The number of rotatable bonds is 1. The summed E-state index contributed by atoms with van der Waals surface area (Å²) < 4.78 is 0. The monoisotopic (exact) mass is 305 g/mol. The molecule has 2 aliphatic heterocycles. The van der Waals surface area contributed by atoms with Crippen molar-refractivity contribution in [1.82, 2.24) is 4.90 Å². The number of hydrogen-bond acceptors (Lipinski definition) is 4. The molecule has 6 nitrogen and oxygen atoms in total. The number of halogens is 1. The number of benzene rings is 1. The van der Waals surface area contributed by atoms with Crippen LogP contribution in [0, 0.1) is 18.3 Å². The predicted octanol–water partition coefficient (Wildman–Crippen LogP) is 1.42. The number of nitriles is 1. The van der Waals surface area contributed by atoms with E-state index in [1.54, 1.807) is 6.92 Å². The summed E-state index contributed by atoms with van der Waals surface area (Å²) in [5.41, 5.74) is 1.16. The van der Waals surface area contributed by atoms with Gasteiger partial charge in [-0.1, -0.05) is 11.6 Å². The molecule has 0 radical (unpaired) electrons. The zero-order chi connectivity index (χ0) is 15.3. The van der Waals surface area contributed by atoms with Crippen molar-refractivity contribution < 1.29 is 14.7 Å². The minimum Gasteiger partial charge on any atom is -0.390 e. The van der Waals surface area contributed by atoms with Gasteiger partial charge in [-0.15, -0.1) is 0 Å². The molecule has 0 aliphatic carbocycles. The number of carbonyl (C=O) groups is 2. The van der Waals surface area contributed by atoms with Crippen LogP contribution in [0.1, 0.15) is 17.5 Å². The van der Waals surface area contributed by atoms with Crippen LogP contribution in [0.3, 0.4) is 0 Å². The number of urea groups is 1. The molecule has 0 bridgehead atoms. The fraction of sp³-hybridized carbons (Fsp3) is 0.357. The average Bonchev–Trinajstić information content (AvgIpc) is 2.95. The molecular formula is C14H12ClN3O3. The van der Waals surface area contributed by atoms with Crippen molar-refractivity contribution in [1.29, 1.82) is 5.26 Å². The van der Waals surface area contributed by atoms with Gasteiger partial charge in [0.15, 0.2) is 0 Å². The molecular weight excluding hydrogens is 294 g/mol. The third-order valence-corrected chi connectivity index (χ3v) is 4.48. The lowest BCUT2D eigenvalue weighted by molar-refractivity contribution is -0.121. The molecule has 0 saturated carbocycles. The van der Waals surface area contributed by atoms with Crippen molar-refractivity contribution in [3.05, 3.63) is 28.3 Å². The van der Waals surface area contributed by atoms with Crippen LogP contribution in [0.4, 0.5) is 10.5 Å². The van der Waals surface area contributed by atoms with Crippen LogP contribution in [0.5, 0.6) is 0 Å². The number of aliphatic hydroxyl groups excluding tert-OH is 1. The zero-order valence-corrected chi connectivity index (χ0v) is 12.0. The quantitative estimate of drug-likeness (QED) is 0.795. The lowest BCUT2D eigenvalue weighted by atomic mass is 10.1. The number of aliphatic hydroxyl groups is 1. The second kappa shape index (κ2) is 4.72. The van der Waals surface area contributed by atoms with Crippen molar-refractivity contribution >= 4 is 29.2 Å². The van der Waals surface area contributed by atoms with Crippen LogP contribution in [0.25, 0.3) is 0 Å². The number of carbonyl (C=O) groups excluding carboxylic acids is 2. The zero-order valence-electron chi connectivity index (χ0n) is 11.2. The fourth-order valence-corrected chi connectivity index (χ4v) is 3.08. The summed E-state index contributed by atoms with van der Waals surface area (Å²) >= 11 is 6.20. The Morgan fingerprint density at radius 1 is 1.43 bits per heavy atom. The Labute approximate surface area is 126 Å². The van der Waals surface area contributed by atoms with E-state index < -0.39 is 24.1 Å². The first-order chi connectivity index (χ1) is 9.97. The molecule has 1 N–H and O–H groups in total. The topological polar surface area (TPSA) is 84.6 Å². The highest BCUT2D eigenvalue weighted by Gasteiger charge is 2.52. The first-order valence-electron chi connectivity index (χ1n) is 6.49. The molecule has 1 aromatic rings. The molecule has 108 valence electrons. The van der Waals surface area contributed by atoms with Gasteiger partial charge >= 0.3 is 6.03 Å². The molecule has 0 spiro atoms. The molecule has 2 atom stereocenters. The van der Waals surface area contributed by atoms with Gasteiger partial charge in [0, 0.05) is 6.54 Å². The van der Waals surface area contributed by atoms with Gasteiger partial charge in [0.05, 0.1) is 28.4 Å².